The highest BCUT2D eigenvalue weighted by Crippen LogP contribution is 2.26. The van der Waals surface area contributed by atoms with Gasteiger partial charge in [0, 0.05) is 25.2 Å². The van der Waals surface area contributed by atoms with Crippen LogP contribution >= 0.6 is 0 Å². The molecule has 2 heterocycles. The van der Waals surface area contributed by atoms with Crippen LogP contribution in [0.5, 0.6) is 0 Å². The van der Waals surface area contributed by atoms with E-state index in [0.29, 0.717) is 26.0 Å². The van der Waals surface area contributed by atoms with Crippen molar-refractivity contribution in [2.75, 3.05) is 33.7 Å². The minimum atomic E-state index is -0.977. The minimum Gasteiger partial charge on any atom is -0.480 e. The molecule has 2 aliphatic rings. The molecular formula is C15H29B3N4O4. The molecule has 11 heteroatoms. The molecular weight excluding hydrogens is 333 g/mol. The Balaban J connectivity index is 2.08. The van der Waals surface area contributed by atoms with Crippen molar-refractivity contribution in [1.82, 2.24) is 19.9 Å². The second-order valence-corrected chi connectivity index (χ2v) is 8.06. The fourth-order valence-electron chi connectivity index (χ4n) is 4.16. The normalized spacial score (nSPS) is 29.3. The Morgan fingerprint density at radius 2 is 1.88 bits per heavy atom. The van der Waals surface area contributed by atoms with E-state index in [1.54, 1.807) is 0 Å². The van der Waals surface area contributed by atoms with Gasteiger partial charge in [-0.2, -0.15) is 0 Å². The van der Waals surface area contributed by atoms with Crippen molar-refractivity contribution in [2.24, 2.45) is 0 Å². The van der Waals surface area contributed by atoms with Gasteiger partial charge in [-0.1, -0.05) is 0 Å². The molecule has 0 aromatic heterocycles. The van der Waals surface area contributed by atoms with Crippen molar-refractivity contribution < 1.29 is 19.5 Å². The largest absolute Gasteiger partial charge is 0.480 e. The summed E-state index contributed by atoms with van der Waals surface area (Å²) in [7, 11) is 7.87. The highest BCUT2D eigenvalue weighted by Gasteiger charge is 2.45. The van der Waals surface area contributed by atoms with Crippen LogP contribution in [-0.2, 0) is 14.4 Å². The lowest BCUT2D eigenvalue weighted by Crippen LogP contribution is -2.49. The number of aliphatic carboxylic acids is 1. The van der Waals surface area contributed by atoms with E-state index in [2.05, 4.69) is 20.7 Å². The molecule has 26 heavy (non-hydrogen) atoms. The van der Waals surface area contributed by atoms with E-state index in [-0.39, 0.29) is 36.4 Å². The number of carboxylic acid groups (broad SMARTS) is 1. The van der Waals surface area contributed by atoms with Crippen molar-refractivity contribution >= 4 is 39.8 Å². The van der Waals surface area contributed by atoms with Crippen LogP contribution in [0.2, 0.25) is 0 Å². The maximum atomic E-state index is 13.1. The summed E-state index contributed by atoms with van der Waals surface area (Å²) in [5.74, 6) is -1.07. The maximum absolute atomic E-state index is 13.1. The molecule has 0 spiro atoms. The van der Waals surface area contributed by atoms with Crippen LogP contribution in [-0.4, -0.2) is 117 Å². The third-order valence-corrected chi connectivity index (χ3v) is 5.34. The van der Waals surface area contributed by atoms with E-state index in [1.165, 1.54) is 11.8 Å². The van der Waals surface area contributed by atoms with Crippen LogP contribution in [0.4, 0.5) is 0 Å². The number of nitrogens with one attached hydrogen (secondary N) is 1. The van der Waals surface area contributed by atoms with E-state index >= 15 is 0 Å². The van der Waals surface area contributed by atoms with Gasteiger partial charge in [0.1, 0.15) is 18.5 Å². The lowest BCUT2D eigenvalue weighted by atomic mass is 9.27. The first-order valence-electron chi connectivity index (χ1n) is 9.29. The van der Waals surface area contributed by atoms with Crippen molar-refractivity contribution in [3.63, 3.8) is 0 Å². The highest BCUT2D eigenvalue weighted by molar-refractivity contribution is 7.28. The van der Waals surface area contributed by atoms with Crippen molar-refractivity contribution in [1.29, 1.82) is 0 Å². The number of carbonyl (C=O) groups is 3. The molecule has 0 radical (unpaired) electrons. The number of rotatable bonds is 7. The first kappa shape index (κ1) is 21.0. The molecule has 2 N–H and O–H groups in total. The summed E-state index contributed by atoms with van der Waals surface area (Å²) in [4.78, 5) is 41.5. The van der Waals surface area contributed by atoms with Crippen LogP contribution < -0.4 is 5.23 Å². The predicted octanol–water partition coefficient (Wildman–Crippen LogP) is -3.53. The van der Waals surface area contributed by atoms with E-state index in [4.69, 9.17) is 0 Å². The van der Waals surface area contributed by atoms with Gasteiger partial charge in [0.2, 0.25) is 5.91 Å². The summed E-state index contributed by atoms with van der Waals surface area (Å²) in [6, 6.07) is -1.01. The van der Waals surface area contributed by atoms with Crippen LogP contribution in [0.3, 0.4) is 0 Å². The zero-order chi connectivity index (χ0) is 19.6. The van der Waals surface area contributed by atoms with Crippen LogP contribution in [0.1, 0.15) is 19.8 Å². The summed E-state index contributed by atoms with van der Waals surface area (Å²) in [5.41, 5.74) is 0. The van der Waals surface area contributed by atoms with Gasteiger partial charge >= 0.3 is 5.97 Å². The third kappa shape index (κ3) is 4.89. The van der Waals surface area contributed by atoms with Crippen LogP contribution in [0.25, 0.3) is 0 Å². The first-order chi connectivity index (χ1) is 12.1. The molecule has 0 aromatic rings. The molecule has 0 aliphatic carbocycles. The summed E-state index contributed by atoms with van der Waals surface area (Å²) >= 11 is 0. The fourth-order valence-corrected chi connectivity index (χ4v) is 4.16. The Hall–Kier alpha value is -1.32. The van der Waals surface area contributed by atoms with E-state index in [1.807, 2.05) is 23.9 Å². The first-order valence-corrected chi connectivity index (χ1v) is 9.29. The Labute approximate surface area is 157 Å². The van der Waals surface area contributed by atoms with E-state index in [9.17, 15) is 19.5 Å². The highest BCUT2D eigenvalue weighted by atomic mass is 16.4. The Kier molecular flexibility index (Phi) is 6.93. The Morgan fingerprint density at radius 3 is 2.42 bits per heavy atom. The number of hydrogen-bond acceptors (Lipinski definition) is 6. The molecule has 0 aromatic carbocycles. The monoisotopic (exact) mass is 362 g/mol. The second kappa shape index (κ2) is 8.58. The number of likely N-dealkylation sites (N-methyl/N-ethyl adjacent to an activating group) is 2. The standard InChI is InChI=1S/C15H29B3N4O4/c1-9(23)6-20(2)11-5-13(15(25)26)22(8-11)14(24)12-4-10(7-21(12)3)19-18(16)17/h10-13,19H,4-8,16-17H2,1-3H3,(H,25,26). The summed E-state index contributed by atoms with van der Waals surface area (Å²) in [5, 5.41) is 13.0. The molecule has 0 bridgehead atoms. The number of nitrogens with zero attached hydrogens (tertiary/aromatic N) is 3. The molecule has 2 saturated heterocycles. The summed E-state index contributed by atoms with van der Waals surface area (Å²) in [6.45, 7) is 3.24. The zero-order valence-corrected chi connectivity index (χ0v) is 16.4. The number of carboxylic acids is 1. The van der Waals surface area contributed by atoms with Gasteiger partial charge in [0.15, 0.2) is 0 Å². The molecule has 2 fully saturated rings. The third-order valence-electron chi connectivity index (χ3n) is 5.34. The van der Waals surface area contributed by atoms with Crippen molar-refractivity contribution in [3.8, 4) is 0 Å². The molecule has 4 atom stereocenters. The number of amides is 1. The molecule has 8 nitrogen and oxygen atoms in total. The average Bonchev–Trinajstić information content (AvgIpc) is 3.09. The van der Waals surface area contributed by atoms with Crippen molar-refractivity contribution in [3.05, 3.63) is 0 Å². The summed E-state index contributed by atoms with van der Waals surface area (Å²) < 4.78 is 0. The van der Waals surface area contributed by atoms with E-state index < -0.39 is 12.0 Å². The topological polar surface area (TPSA) is 93.2 Å². The van der Waals surface area contributed by atoms with E-state index in [0.717, 1.165) is 6.54 Å². The number of ketones is 1. The smallest absolute Gasteiger partial charge is 0.326 e. The molecule has 2 rings (SSSR count). The molecule has 0 saturated carbocycles. The number of hydrogen-bond donors (Lipinski definition) is 2. The zero-order valence-electron chi connectivity index (χ0n) is 16.4. The number of Topliss-reactive ketones (excluding diaryl/α,β-unsaturated/α-hetero) is 1. The van der Waals surface area contributed by atoms with Gasteiger partial charge in [0.25, 0.3) is 0 Å². The van der Waals surface area contributed by atoms with Crippen molar-refractivity contribution in [2.45, 2.75) is 43.9 Å². The maximum Gasteiger partial charge on any atom is 0.326 e. The van der Waals surface area contributed by atoms with Gasteiger partial charge in [-0.3, -0.25) is 19.4 Å². The van der Waals surface area contributed by atoms with Gasteiger partial charge < -0.3 is 15.2 Å². The lowest BCUT2D eigenvalue weighted by molar-refractivity contribution is -0.149. The minimum absolute atomic E-state index is 0.0299. The summed E-state index contributed by atoms with van der Waals surface area (Å²) in [6.07, 6.45) is 1.04. The number of likely N-dealkylation sites (tertiary alicyclic amines) is 2. The Morgan fingerprint density at radius 1 is 1.23 bits per heavy atom. The molecule has 1 amide bonds. The lowest BCUT2D eigenvalue weighted by Gasteiger charge is -2.28. The van der Waals surface area contributed by atoms with Gasteiger partial charge in [0.05, 0.1) is 28.1 Å². The average molecular weight is 362 g/mol. The molecule has 2 aliphatic heterocycles. The SMILES string of the molecule is BB(B)NC1CC(C(=O)N2CC(N(C)CC(C)=O)CC2C(=O)O)N(C)C1. The van der Waals surface area contributed by atoms with Crippen LogP contribution in [0, 0.1) is 0 Å². The van der Waals surface area contributed by atoms with Crippen LogP contribution in [0.15, 0.2) is 0 Å². The molecule has 142 valence electrons. The fraction of sp³-hybridized carbons (Fsp3) is 0.800. The quantitative estimate of drug-likeness (QED) is 0.454. The molecule has 4 unspecified atom stereocenters. The van der Waals surface area contributed by atoms with Gasteiger partial charge in [-0.25, -0.2) is 4.79 Å². The number of carbonyl (C=O) groups excluding carboxylic acids is 2. The second-order valence-electron chi connectivity index (χ2n) is 8.06. The Bertz CT molecular complexity index is 565. The van der Waals surface area contributed by atoms with Gasteiger partial charge in [-0.15, -0.1) is 0 Å². The predicted molar refractivity (Wildman–Crippen MR) is 106 cm³/mol. The van der Waals surface area contributed by atoms with Gasteiger partial charge in [-0.05, 0) is 33.9 Å².